The number of rotatable bonds is 9. The van der Waals surface area contributed by atoms with E-state index in [2.05, 4.69) is 39.8 Å². The van der Waals surface area contributed by atoms with Crippen LogP contribution in [0.1, 0.15) is 54.0 Å². The number of nitrogens with two attached hydrogens (primary N) is 1. The third-order valence-corrected chi connectivity index (χ3v) is 7.09. The summed E-state index contributed by atoms with van der Waals surface area (Å²) in [5.41, 5.74) is 11.7. The first-order chi connectivity index (χ1) is 16.4. The predicted octanol–water partition coefficient (Wildman–Crippen LogP) is 2.90. The Labute approximate surface area is 200 Å². The highest BCUT2D eigenvalue weighted by Crippen LogP contribution is 2.38. The fourth-order valence-corrected chi connectivity index (χ4v) is 5.41. The Hall–Kier alpha value is -2.91. The van der Waals surface area contributed by atoms with E-state index in [0.717, 1.165) is 92.7 Å². The van der Waals surface area contributed by atoms with Gasteiger partial charge in [-0.05, 0) is 57.0 Å². The zero-order chi connectivity index (χ0) is 23.9. The van der Waals surface area contributed by atoms with E-state index in [1.54, 1.807) is 0 Å². The molecule has 0 unspecified atom stereocenters. The molecule has 2 aliphatic heterocycles. The second kappa shape index (κ2) is 9.03. The molecule has 1 spiro atoms. The number of likely N-dealkylation sites (tertiary alicyclic amines) is 1. The van der Waals surface area contributed by atoms with E-state index in [0.29, 0.717) is 17.5 Å². The zero-order valence-electron chi connectivity index (χ0n) is 20.4. The number of carbonyl (C=O) groups is 1. The van der Waals surface area contributed by atoms with Crippen LogP contribution in [-0.4, -0.2) is 56.4 Å². The van der Waals surface area contributed by atoms with Gasteiger partial charge in [0.05, 0.1) is 42.2 Å². The van der Waals surface area contributed by atoms with Gasteiger partial charge in [0.1, 0.15) is 0 Å². The van der Waals surface area contributed by atoms with Crippen LogP contribution in [-0.2, 0) is 30.9 Å². The molecule has 0 atom stereocenters. The predicted molar refractivity (Wildman–Crippen MR) is 132 cm³/mol. The lowest BCUT2D eigenvalue weighted by Crippen LogP contribution is -2.44. The molecule has 34 heavy (non-hydrogen) atoms. The summed E-state index contributed by atoms with van der Waals surface area (Å²) in [7, 11) is 0. The van der Waals surface area contributed by atoms with Crippen LogP contribution in [0.2, 0.25) is 0 Å². The van der Waals surface area contributed by atoms with Gasteiger partial charge in [-0.3, -0.25) is 14.4 Å². The number of ether oxygens (including phenoxy) is 1. The van der Waals surface area contributed by atoms with Gasteiger partial charge in [0.25, 0.3) is 0 Å². The van der Waals surface area contributed by atoms with Gasteiger partial charge in [0, 0.05) is 37.2 Å². The molecule has 1 aromatic carbocycles. The molecular weight excluding hydrogens is 430 g/mol. The molecule has 5 rings (SSSR count). The molecule has 9 heteroatoms. The second-order valence-corrected chi connectivity index (χ2v) is 9.85. The number of imidazole rings is 1. The summed E-state index contributed by atoms with van der Waals surface area (Å²) < 4.78 is 9.77. The number of carbonyl (C=O) groups excluding carboxylic acids is 1. The Morgan fingerprint density at radius 1 is 1.26 bits per heavy atom. The molecule has 3 aromatic rings. The molecule has 0 saturated carbocycles. The number of aromatic nitrogens is 4. The minimum Gasteiger partial charge on any atom is -0.380 e. The largest absolute Gasteiger partial charge is 0.380 e. The molecule has 2 aliphatic rings. The lowest BCUT2D eigenvalue weighted by Gasteiger charge is -2.37. The van der Waals surface area contributed by atoms with Crippen molar-refractivity contribution in [1.82, 2.24) is 24.2 Å². The number of benzene rings is 1. The molecule has 3 N–H and O–H groups in total. The van der Waals surface area contributed by atoms with E-state index in [9.17, 15) is 4.79 Å². The fourth-order valence-electron chi connectivity index (χ4n) is 5.41. The number of nitrogens with zero attached hydrogens (tertiary/aromatic N) is 5. The third kappa shape index (κ3) is 4.18. The molecule has 0 aliphatic carbocycles. The van der Waals surface area contributed by atoms with Crippen LogP contribution in [0.4, 0.5) is 5.95 Å². The Bertz CT molecular complexity index is 1210. The van der Waals surface area contributed by atoms with Gasteiger partial charge in [-0.25, -0.2) is 4.98 Å². The van der Waals surface area contributed by atoms with Gasteiger partial charge in [0.2, 0.25) is 11.9 Å². The van der Waals surface area contributed by atoms with E-state index in [4.69, 9.17) is 15.5 Å². The lowest BCUT2D eigenvalue weighted by atomic mass is 9.85. The minimum atomic E-state index is -0.421. The van der Waals surface area contributed by atoms with Crippen molar-refractivity contribution in [2.45, 2.75) is 59.8 Å². The number of anilines is 1. The van der Waals surface area contributed by atoms with Crippen molar-refractivity contribution in [2.75, 3.05) is 31.6 Å². The normalized spacial score (nSPS) is 17.5. The average Bonchev–Trinajstić information content (AvgIpc) is 3.47. The second-order valence-electron chi connectivity index (χ2n) is 9.85. The summed E-state index contributed by atoms with van der Waals surface area (Å²) in [5, 5.41) is 8.09. The summed E-state index contributed by atoms with van der Waals surface area (Å²) in [6.07, 6.45) is 2.14. The van der Waals surface area contributed by atoms with Crippen molar-refractivity contribution in [3.05, 3.63) is 40.7 Å². The third-order valence-electron chi connectivity index (χ3n) is 7.09. The number of aryl methyl sites for hydroxylation is 3. The smallest absolute Gasteiger partial charge is 0.248 e. The molecule has 1 amide bonds. The maximum Gasteiger partial charge on any atom is 0.248 e. The van der Waals surface area contributed by atoms with Gasteiger partial charge in [0.15, 0.2) is 0 Å². The van der Waals surface area contributed by atoms with Crippen molar-refractivity contribution >= 4 is 22.9 Å². The summed E-state index contributed by atoms with van der Waals surface area (Å²) in [6.45, 7) is 13.1. The zero-order valence-corrected chi connectivity index (χ0v) is 20.4. The highest BCUT2D eigenvalue weighted by Gasteiger charge is 2.44. The fraction of sp³-hybridized carbons (Fsp3) is 0.560. The lowest BCUT2D eigenvalue weighted by molar-refractivity contribution is -0.105. The number of nitrogens with one attached hydrogen (secondary N) is 1. The van der Waals surface area contributed by atoms with Gasteiger partial charge in [-0.1, -0.05) is 6.92 Å². The Balaban J connectivity index is 1.50. The first-order valence-corrected chi connectivity index (χ1v) is 12.3. The molecule has 0 radical (unpaired) electrons. The van der Waals surface area contributed by atoms with Crippen LogP contribution in [0.25, 0.3) is 11.0 Å². The topological polar surface area (TPSA) is 103 Å². The Morgan fingerprint density at radius 3 is 2.74 bits per heavy atom. The standard InChI is InChI=1S/C25H35N7O2/c1-4-7-31-22-19(13-30-8-6-25(14-30)15-34-16-25)10-18(23(26)33)11-21(22)28-24(31)27-12-20-9-17(3)29-32(20)5-2/h9-11H,4-8,12-16H2,1-3H3,(H2,26,33)(H,27,28). The van der Waals surface area contributed by atoms with Gasteiger partial charge < -0.3 is 20.4 Å². The van der Waals surface area contributed by atoms with Crippen LogP contribution in [0.15, 0.2) is 18.2 Å². The van der Waals surface area contributed by atoms with Crippen LogP contribution in [0, 0.1) is 12.3 Å². The van der Waals surface area contributed by atoms with Gasteiger partial charge in [-0.2, -0.15) is 5.10 Å². The van der Waals surface area contributed by atoms with Crippen LogP contribution < -0.4 is 11.1 Å². The molecule has 2 saturated heterocycles. The van der Waals surface area contributed by atoms with E-state index < -0.39 is 5.91 Å². The summed E-state index contributed by atoms with van der Waals surface area (Å²) in [5.74, 6) is 0.391. The molecule has 0 bridgehead atoms. The molecule has 182 valence electrons. The van der Waals surface area contributed by atoms with E-state index in [1.807, 2.05) is 23.7 Å². The van der Waals surface area contributed by atoms with E-state index in [-0.39, 0.29) is 0 Å². The summed E-state index contributed by atoms with van der Waals surface area (Å²) >= 11 is 0. The van der Waals surface area contributed by atoms with Crippen LogP contribution in [0.3, 0.4) is 0 Å². The summed E-state index contributed by atoms with van der Waals surface area (Å²) in [4.78, 5) is 19.5. The van der Waals surface area contributed by atoms with Gasteiger partial charge in [-0.15, -0.1) is 0 Å². The molecule has 4 heterocycles. The highest BCUT2D eigenvalue weighted by molar-refractivity contribution is 5.97. The maximum atomic E-state index is 12.1. The van der Waals surface area contributed by atoms with Crippen LogP contribution in [0.5, 0.6) is 0 Å². The summed E-state index contributed by atoms with van der Waals surface area (Å²) in [6, 6.07) is 5.89. The van der Waals surface area contributed by atoms with Crippen molar-refractivity contribution < 1.29 is 9.53 Å². The number of hydrogen-bond acceptors (Lipinski definition) is 6. The highest BCUT2D eigenvalue weighted by atomic mass is 16.5. The van der Waals surface area contributed by atoms with Crippen molar-refractivity contribution in [1.29, 1.82) is 0 Å². The monoisotopic (exact) mass is 465 g/mol. The quantitative estimate of drug-likeness (QED) is 0.504. The van der Waals surface area contributed by atoms with Crippen LogP contribution >= 0.6 is 0 Å². The minimum absolute atomic E-state index is 0.317. The number of fused-ring (bicyclic) bond motifs is 1. The van der Waals surface area contributed by atoms with Crippen molar-refractivity contribution in [3.8, 4) is 0 Å². The Morgan fingerprint density at radius 2 is 2.09 bits per heavy atom. The SMILES string of the molecule is CCCn1c(NCc2cc(C)nn2CC)nc2cc(C(N)=O)cc(CN3CCC4(COC4)C3)c21. The molecule has 2 fully saturated rings. The van der Waals surface area contributed by atoms with Crippen molar-refractivity contribution in [2.24, 2.45) is 11.1 Å². The molecule has 2 aromatic heterocycles. The number of hydrogen-bond donors (Lipinski definition) is 2. The van der Waals surface area contributed by atoms with E-state index >= 15 is 0 Å². The number of amides is 1. The van der Waals surface area contributed by atoms with E-state index in [1.165, 1.54) is 0 Å². The average molecular weight is 466 g/mol. The molecular formula is C25H35N7O2. The van der Waals surface area contributed by atoms with Gasteiger partial charge >= 0.3 is 0 Å². The maximum absolute atomic E-state index is 12.1. The number of primary amides is 1. The first-order valence-electron chi connectivity index (χ1n) is 12.3. The Kier molecular flexibility index (Phi) is 6.07. The van der Waals surface area contributed by atoms with Crippen molar-refractivity contribution in [3.63, 3.8) is 0 Å². The first kappa shape index (κ1) is 22.9. The molecule has 9 nitrogen and oxygen atoms in total.